The van der Waals surface area contributed by atoms with Gasteiger partial charge in [0.05, 0.1) is 22.9 Å². The molecule has 0 bridgehead atoms. The number of benzene rings is 2. The van der Waals surface area contributed by atoms with E-state index >= 15 is 0 Å². The molecule has 0 radical (unpaired) electrons. The van der Waals surface area contributed by atoms with Crippen molar-refractivity contribution in [2.75, 3.05) is 51.3 Å². The van der Waals surface area contributed by atoms with Crippen molar-refractivity contribution in [2.24, 2.45) is 0 Å². The number of nitrogens with one attached hydrogen (secondary N) is 1. The van der Waals surface area contributed by atoms with Crippen molar-refractivity contribution in [1.82, 2.24) is 15.2 Å². The third-order valence-electron chi connectivity index (χ3n) is 5.77. The lowest BCUT2D eigenvalue weighted by Gasteiger charge is -2.34. The Morgan fingerprint density at radius 3 is 2.47 bits per heavy atom. The lowest BCUT2D eigenvalue weighted by atomic mass is 10.1. The van der Waals surface area contributed by atoms with Crippen LogP contribution in [0.5, 0.6) is 0 Å². The lowest BCUT2D eigenvalue weighted by Crippen LogP contribution is -2.48. The van der Waals surface area contributed by atoms with Crippen molar-refractivity contribution in [2.45, 2.75) is 13.3 Å². The third-order valence-corrected chi connectivity index (χ3v) is 6.85. The minimum Gasteiger partial charge on any atom is -0.465 e. The topological polar surface area (TPSA) is 74.8 Å². The number of amides is 1. The number of hydrogen-bond donors (Lipinski definition) is 1. The van der Waals surface area contributed by atoms with Crippen LogP contribution in [0.1, 0.15) is 33.2 Å². The molecule has 1 N–H and O–H groups in total. The zero-order valence-corrected chi connectivity index (χ0v) is 19.3. The van der Waals surface area contributed by atoms with E-state index in [1.165, 1.54) is 17.4 Å². The van der Waals surface area contributed by atoms with Crippen LogP contribution >= 0.6 is 11.3 Å². The first-order chi connectivity index (χ1) is 15.6. The number of esters is 1. The van der Waals surface area contributed by atoms with Crippen molar-refractivity contribution in [3.05, 3.63) is 59.2 Å². The molecule has 0 spiro atoms. The zero-order valence-electron chi connectivity index (χ0n) is 18.5. The second-order valence-corrected chi connectivity index (χ2v) is 8.81. The number of ether oxygens (including phenoxy) is 1. The van der Waals surface area contributed by atoms with Gasteiger partial charge in [0.2, 0.25) is 0 Å². The number of piperazine rings is 1. The van der Waals surface area contributed by atoms with Gasteiger partial charge in [-0.05, 0) is 48.4 Å². The maximum absolute atomic E-state index is 12.3. The highest BCUT2D eigenvalue weighted by molar-refractivity contribution is 7.22. The molecule has 2 heterocycles. The summed E-state index contributed by atoms with van der Waals surface area (Å²) in [5, 5.41) is 4.05. The Balaban J connectivity index is 1.23. The molecule has 0 aliphatic carbocycles. The summed E-state index contributed by atoms with van der Waals surface area (Å²) in [4.78, 5) is 33.4. The first kappa shape index (κ1) is 22.2. The molecule has 3 aromatic rings. The van der Waals surface area contributed by atoms with Crippen molar-refractivity contribution >= 4 is 38.6 Å². The van der Waals surface area contributed by atoms with E-state index in [2.05, 4.69) is 45.0 Å². The van der Waals surface area contributed by atoms with Gasteiger partial charge < -0.3 is 15.0 Å². The molecule has 0 saturated carbocycles. The van der Waals surface area contributed by atoms with E-state index in [1.54, 1.807) is 35.6 Å². The molecular weight excluding hydrogens is 424 g/mol. The van der Waals surface area contributed by atoms with Gasteiger partial charge in [-0.25, -0.2) is 9.78 Å². The Bertz CT molecular complexity index is 1090. The van der Waals surface area contributed by atoms with Crippen molar-refractivity contribution < 1.29 is 14.3 Å². The number of rotatable bonds is 7. The molecule has 0 unspecified atom stereocenters. The average molecular weight is 453 g/mol. The maximum Gasteiger partial charge on any atom is 0.337 e. The summed E-state index contributed by atoms with van der Waals surface area (Å²) in [6, 6.07) is 13.0. The van der Waals surface area contributed by atoms with E-state index < -0.39 is 5.97 Å². The Morgan fingerprint density at radius 1 is 1.06 bits per heavy atom. The van der Waals surface area contributed by atoms with E-state index in [-0.39, 0.29) is 5.91 Å². The second-order valence-electron chi connectivity index (χ2n) is 7.81. The lowest BCUT2D eigenvalue weighted by molar-refractivity contribution is 0.0600. The Morgan fingerprint density at radius 2 is 1.78 bits per heavy atom. The Hall–Kier alpha value is -2.97. The highest BCUT2D eigenvalue weighted by Crippen LogP contribution is 2.30. The molecule has 1 aliphatic heterocycles. The molecule has 1 aromatic heterocycles. The molecule has 1 amide bonds. The number of anilines is 1. The zero-order chi connectivity index (χ0) is 22.5. The Labute approximate surface area is 192 Å². The minimum absolute atomic E-state index is 0.138. The van der Waals surface area contributed by atoms with Gasteiger partial charge in [-0.1, -0.05) is 24.3 Å². The fraction of sp³-hybridized carbons (Fsp3) is 0.375. The molecule has 7 nitrogen and oxygen atoms in total. The number of thiazole rings is 1. The number of carbonyl (C=O) groups excluding carboxylic acids is 2. The molecule has 1 saturated heterocycles. The molecule has 0 atom stereocenters. The van der Waals surface area contributed by atoms with Crippen molar-refractivity contribution in [1.29, 1.82) is 0 Å². The quantitative estimate of drug-likeness (QED) is 0.555. The first-order valence-electron chi connectivity index (χ1n) is 10.9. The van der Waals surface area contributed by atoms with E-state index in [0.717, 1.165) is 49.8 Å². The largest absolute Gasteiger partial charge is 0.465 e. The normalized spacial score (nSPS) is 14.5. The van der Waals surface area contributed by atoms with E-state index in [0.29, 0.717) is 17.7 Å². The molecule has 1 fully saturated rings. The molecule has 1 aliphatic rings. The summed E-state index contributed by atoms with van der Waals surface area (Å²) in [5.74, 6) is -0.548. The van der Waals surface area contributed by atoms with Gasteiger partial charge in [-0.3, -0.25) is 9.69 Å². The predicted molar refractivity (Wildman–Crippen MR) is 128 cm³/mol. The predicted octanol–water partition coefficient (Wildman–Crippen LogP) is 3.20. The van der Waals surface area contributed by atoms with E-state index in [9.17, 15) is 9.59 Å². The molecule has 168 valence electrons. The SMILES string of the molecule is CCc1ccc2nc(N3CCN(CCNC(=O)c4ccc(C(=O)OC)cc4)CC3)sc2c1. The molecule has 32 heavy (non-hydrogen) atoms. The van der Waals surface area contributed by atoms with Gasteiger partial charge in [0.1, 0.15) is 0 Å². The fourth-order valence-electron chi connectivity index (χ4n) is 3.78. The summed E-state index contributed by atoms with van der Waals surface area (Å²) < 4.78 is 5.93. The van der Waals surface area contributed by atoms with Crippen molar-refractivity contribution in [3.63, 3.8) is 0 Å². The standard InChI is InChI=1S/C24H28N4O3S/c1-3-17-4-9-20-21(16-17)32-24(26-20)28-14-12-27(13-15-28)11-10-25-22(29)18-5-7-19(8-6-18)23(30)31-2/h4-9,16H,3,10-15H2,1-2H3,(H,25,29). The summed E-state index contributed by atoms with van der Waals surface area (Å²) in [6.07, 6.45) is 1.04. The molecule has 8 heteroatoms. The van der Waals surface area contributed by atoms with Crippen LogP contribution in [0.25, 0.3) is 10.2 Å². The molecular formula is C24H28N4O3S. The summed E-state index contributed by atoms with van der Waals surface area (Å²) in [6.45, 7) is 7.32. The Kier molecular flexibility index (Phi) is 7.02. The number of aromatic nitrogens is 1. The second kappa shape index (κ2) is 10.1. The third kappa shape index (κ3) is 5.08. The van der Waals surface area contributed by atoms with Crippen LogP contribution in [-0.2, 0) is 11.2 Å². The van der Waals surface area contributed by atoms with Gasteiger partial charge in [0.15, 0.2) is 5.13 Å². The highest BCUT2D eigenvalue weighted by Gasteiger charge is 2.20. The number of aryl methyl sites for hydroxylation is 1. The summed E-state index contributed by atoms with van der Waals surface area (Å²) >= 11 is 1.77. The van der Waals surface area contributed by atoms with Crippen LogP contribution < -0.4 is 10.2 Å². The van der Waals surface area contributed by atoms with Crippen LogP contribution in [0.2, 0.25) is 0 Å². The molecule has 4 rings (SSSR count). The van der Waals surface area contributed by atoms with Crippen LogP contribution in [0.3, 0.4) is 0 Å². The molecule has 2 aromatic carbocycles. The van der Waals surface area contributed by atoms with E-state index in [4.69, 9.17) is 4.98 Å². The van der Waals surface area contributed by atoms with Gasteiger partial charge in [-0.2, -0.15) is 0 Å². The van der Waals surface area contributed by atoms with Crippen LogP contribution in [0, 0.1) is 0 Å². The minimum atomic E-state index is -0.410. The first-order valence-corrected chi connectivity index (χ1v) is 11.7. The fourth-order valence-corrected chi connectivity index (χ4v) is 4.86. The van der Waals surface area contributed by atoms with Crippen LogP contribution in [0.4, 0.5) is 5.13 Å². The van der Waals surface area contributed by atoms with Gasteiger partial charge >= 0.3 is 5.97 Å². The summed E-state index contributed by atoms with van der Waals surface area (Å²) in [7, 11) is 1.34. The van der Waals surface area contributed by atoms with Gasteiger partial charge in [0.25, 0.3) is 5.91 Å². The van der Waals surface area contributed by atoms with Crippen LogP contribution in [-0.4, -0.2) is 68.1 Å². The number of methoxy groups -OCH3 is 1. The number of carbonyl (C=O) groups is 2. The number of fused-ring (bicyclic) bond motifs is 1. The summed E-state index contributed by atoms with van der Waals surface area (Å²) in [5.41, 5.74) is 3.39. The van der Waals surface area contributed by atoms with E-state index in [1.807, 2.05) is 0 Å². The van der Waals surface area contributed by atoms with Gasteiger partial charge in [0, 0.05) is 44.8 Å². The average Bonchev–Trinajstić information content (AvgIpc) is 3.27. The smallest absolute Gasteiger partial charge is 0.337 e. The number of nitrogens with zero attached hydrogens (tertiary/aromatic N) is 3. The van der Waals surface area contributed by atoms with Gasteiger partial charge in [-0.15, -0.1) is 0 Å². The highest BCUT2D eigenvalue weighted by atomic mass is 32.1. The maximum atomic E-state index is 12.3. The number of hydrogen-bond acceptors (Lipinski definition) is 7. The van der Waals surface area contributed by atoms with Crippen LogP contribution in [0.15, 0.2) is 42.5 Å². The van der Waals surface area contributed by atoms with Crippen molar-refractivity contribution in [3.8, 4) is 0 Å². The monoisotopic (exact) mass is 452 g/mol.